The third-order valence-corrected chi connectivity index (χ3v) is 3.85. The Balaban J connectivity index is 2.04. The molecule has 5 nitrogen and oxygen atoms in total. The van der Waals surface area contributed by atoms with Crippen LogP contribution in [0, 0.1) is 13.8 Å². The van der Waals surface area contributed by atoms with Gasteiger partial charge in [0.1, 0.15) is 0 Å². The zero-order valence-electron chi connectivity index (χ0n) is 14.2. The number of nitrogens with one attached hydrogen (secondary N) is 2. The third kappa shape index (κ3) is 4.23. The van der Waals surface area contributed by atoms with Gasteiger partial charge in [-0.1, -0.05) is 18.2 Å². The first-order chi connectivity index (χ1) is 11.6. The van der Waals surface area contributed by atoms with Crippen LogP contribution in [-0.2, 0) is 0 Å². The third-order valence-electron chi connectivity index (χ3n) is 3.66. The molecule has 0 unspecified atom stereocenters. The number of anilines is 1. The van der Waals surface area contributed by atoms with Crippen LogP contribution in [0.15, 0.2) is 41.5 Å². The maximum Gasteiger partial charge on any atom is 0.191 e. The number of methoxy groups -OCH3 is 2. The van der Waals surface area contributed by atoms with Crippen LogP contribution in [0.2, 0.25) is 0 Å². The summed E-state index contributed by atoms with van der Waals surface area (Å²) in [6.07, 6.45) is 1.64. The van der Waals surface area contributed by atoms with E-state index in [4.69, 9.17) is 21.7 Å². The largest absolute Gasteiger partial charge is 0.493 e. The Bertz CT molecular complexity index is 760. The highest BCUT2D eigenvalue weighted by Crippen LogP contribution is 2.29. The number of para-hydroxylation sites is 1. The molecule has 0 bridgehead atoms. The van der Waals surface area contributed by atoms with E-state index in [2.05, 4.69) is 28.8 Å². The minimum Gasteiger partial charge on any atom is -0.493 e. The van der Waals surface area contributed by atoms with E-state index < -0.39 is 0 Å². The van der Waals surface area contributed by atoms with Crippen molar-refractivity contribution in [3.8, 4) is 11.5 Å². The van der Waals surface area contributed by atoms with Crippen LogP contribution in [0.5, 0.6) is 11.5 Å². The van der Waals surface area contributed by atoms with Crippen LogP contribution in [0.25, 0.3) is 0 Å². The summed E-state index contributed by atoms with van der Waals surface area (Å²) < 4.78 is 10.6. The molecule has 24 heavy (non-hydrogen) atoms. The summed E-state index contributed by atoms with van der Waals surface area (Å²) >= 11 is 5.27. The summed E-state index contributed by atoms with van der Waals surface area (Å²) in [7, 11) is 3.19. The average Bonchev–Trinajstić information content (AvgIpc) is 2.58. The first-order valence-electron chi connectivity index (χ1n) is 7.44. The van der Waals surface area contributed by atoms with E-state index in [0.29, 0.717) is 16.6 Å². The quantitative estimate of drug-likeness (QED) is 0.493. The summed E-state index contributed by atoms with van der Waals surface area (Å²) in [5.41, 5.74) is 6.91. The van der Waals surface area contributed by atoms with Crippen molar-refractivity contribution in [1.29, 1.82) is 0 Å². The highest BCUT2D eigenvalue weighted by Gasteiger charge is 2.07. The van der Waals surface area contributed by atoms with Gasteiger partial charge in [-0.15, -0.1) is 0 Å². The first-order valence-corrected chi connectivity index (χ1v) is 7.85. The van der Waals surface area contributed by atoms with Crippen molar-refractivity contribution in [3.63, 3.8) is 0 Å². The SMILES string of the molecule is COc1cccc(/C=N/NC(=S)Nc2cccc(C)c2C)c1OC. The fraction of sp³-hybridized carbons (Fsp3) is 0.222. The minimum atomic E-state index is 0.418. The topological polar surface area (TPSA) is 54.9 Å². The second-order valence-electron chi connectivity index (χ2n) is 5.15. The molecule has 2 rings (SSSR count). The van der Waals surface area contributed by atoms with Gasteiger partial charge in [0.2, 0.25) is 0 Å². The Morgan fingerprint density at radius 3 is 2.54 bits per heavy atom. The van der Waals surface area contributed by atoms with Crippen molar-refractivity contribution in [3.05, 3.63) is 53.1 Å². The monoisotopic (exact) mass is 343 g/mol. The minimum absolute atomic E-state index is 0.418. The Morgan fingerprint density at radius 2 is 1.83 bits per heavy atom. The molecular formula is C18H21N3O2S. The van der Waals surface area contributed by atoms with Gasteiger partial charge in [-0.25, -0.2) is 0 Å². The van der Waals surface area contributed by atoms with Crippen LogP contribution >= 0.6 is 12.2 Å². The Morgan fingerprint density at radius 1 is 1.08 bits per heavy atom. The van der Waals surface area contributed by atoms with Crippen molar-refractivity contribution in [2.24, 2.45) is 5.10 Å². The molecule has 0 aliphatic rings. The molecule has 2 aromatic carbocycles. The lowest BCUT2D eigenvalue weighted by molar-refractivity contribution is 0.354. The summed E-state index contributed by atoms with van der Waals surface area (Å²) in [5.74, 6) is 1.27. The van der Waals surface area contributed by atoms with E-state index in [1.807, 2.05) is 37.3 Å². The van der Waals surface area contributed by atoms with Gasteiger partial charge in [-0.2, -0.15) is 5.10 Å². The van der Waals surface area contributed by atoms with E-state index >= 15 is 0 Å². The highest BCUT2D eigenvalue weighted by atomic mass is 32.1. The number of rotatable bonds is 5. The van der Waals surface area contributed by atoms with Gasteiger partial charge >= 0.3 is 0 Å². The van der Waals surface area contributed by atoms with E-state index in [9.17, 15) is 0 Å². The Labute approximate surface area is 147 Å². The summed E-state index contributed by atoms with van der Waals surface area (Å²) in [5, 5.41) is 7.72. The first kappa shape index (κ1) is 17.7. The number of hydrogen-bond donors (Lipinski definition) is 2. The molecule has 0 radical (unpaired) electrons. The molecule has 0 atom stereocenters. The number of aryl methyl sites for hydroxylation is 1. The van der Waals surface area contributed by atoms with Gasteiger partial charge in [0.15, 0.2) is 16.6 Å². The lowest BCUT2D eigenvalue weighted by atomic mass is 10.1. The number of nitrogens with zero attached hydrogens (tertiary/aromatic N) is 1. The lowest BCUT2D eigenvalue weighted by Crippen LogP contribution is -2.24. The molecule has 6 heteroatoms. The van der Waals surface area contributed by atoms with Gasteiger partial charge in [0, 0.05) is 11.3 Å². The number of hydrazone groups is 1. The maximum atomic E-state index is 5.36. The average molecular weight is 343 g/mol. The number of ether oxygens (including phenoxy) is 2. The van der Waals surface area contributed by atoms with E-state index in [1.54, 1.807) is 20.4 Å². The molecule has 0 aromatic heterocycles. The van der Waals surface area contributed by atoms with Crippen LogP contribution in [0.1, 0.15) is 16.7 Å². The molecule has 0 spiro atoms. The van der Waals surface area contributed by atoms with Gasteiger partial charge in [-0.3, -0.25) is 5.43 Å². The molecule has 126 valence electrons. The molecule has 0 saturated carbocycles. The summed E-state index contributed by atoms with van der Waals surface area (Å²) in [6.45, 7) is 4.11. The Hall–Kier alpha value is -2.60. The van der Waals surface area contributed by atoms with Crippen LogP contribution in [0.3, 0.4) is 0 Å². The molecule has 0 saturated heterocycles. The van der Waals surface area contributed by atoms with Crippen LogP contribution < -0.4 is 20.2 Å². The van der Waals surface area contributed by atoms with Crippen molar-refractivity contribution in [2.75, 3.05) is 19.5 Å². The highest BCUT2D eigenvalue weighted by molar-refractivity contribution is 7.80. The Kier molecular flexibility index (Phi) is 6.14. The smallest absolute Gasteiger partial charge is 0.191 e. The van der Waals surface area contributed by atoms with Gasteiger partial charge in [0.25, 0.3) is 0 Å². The lowest BCUT2D eigenvalue weighted by Gasteiger charge is -2.12. The van der Waals surface area contributed by atoms with Crippen LogP contribution in [-0.4, -0.2) is 25.5 Å². The van der Waals surface area contributed by atoms with Gasteiger partial charge in [-0.05, 0) is 55.4 Å². The molecule has 0 aliphatic heterocycles. The van der Waals surface area contributed by atoms with E-state index in [1.165, 1.54) is 5.56 Å². The summed E-state index contributed by atoms with van der Waals surface area (Å²) in [6, 6.07) is 11.6. The number of benzene rings is 2. The summed E-state index contributed by atoms with van der Waals surface area (Å²) in [4.78, 5) is 0. The van der Waals surface area contributed by atoms with Crippen LogP contribution in [0.4, 0.5) is 5.69 Å². The molecule has 0 aliphatic carbocycles. The molecule has 0 fully saturated rings. The van der Waals surface area contributed by atoms with Crippen molar-refractivity contribution >= 4 is 29.2 Å². The fourth-order valence-corrected chi connectivity index (χ4v) is 2.37. The van der Waals surface area contributed by atoms with Gasteiger partial charge in [0.05, 0.1) is 20.4 Å². The van der Waals surface area contributed by atoms with Crippen molar-refractivity contribution < 1.29 is 9.47 Å². The molecule has 2 N–H and O–H groups in total. The number of thiocarbonyl (C=S) groups is 1. The standard InChI is InChI=1S/C18H21N3O2S/c1-12-7-5-9-15(13(12)2)20-18(24)21-19-11-14-8-6-10-16(22-3)17(14)23-4/h5-11H,1-4H3,(H2,20,21,24)/b19-11+. The molecular weight excluding hydrogens is 322 g/mol. The maximum absolute atomic E-state index is 5.36. The van der Waals surface area contributed by atoms with Crippen molar-refractivity contribution in [2.45, 2.75) is 13.8 Å². The zero-order chi connectivity index (χ0) is 17.5. The second kappa shape index (κ2) is 8.31. The fourth-order valence-electron chi connectivity index (χ4n) is 2.21. The zero-order valence-corrected chi connectivity index (χ0v) is 15.0. The predicted octanol–water partition coefficient (Wildman–Crippen LogP) is 3.64. The molecule has 2 aromatic rings. The molecule has 0 heterocycles. The van der Waals surface area contributed by atoms with Gasteiger partial charge < -0.3 is 14.8 Å². The predicted molar refractivity (Wildman–Crippen MR) is 102 cm³/mol. The van der Waals surface area contributed by atoms with E-state index in [0.717, 1.165) is 16.8 Å². The van der Waals surface area contributed by atoms with E-state index in [-0.39, 0.29) is 0 Å². The normalized spacial score (nSPS) is 10.5. The number of hydrogen-bond acceptors (Lipinski definition) is 4. The van der Waals surface area contributed by atoms with Crippen molar-refractivity contribution in [1.82, 2.24) is 5.43 Å². The molecule has 0 amide bonds. The second-order valence-corrected chi connectivity index (χ2v) is 5.56.